The van der Waals surface area contributed by atoms with Crippen molar-refractivity contribution < 1.29 is 9.21 Å². The largest absolute Gasteiger partial charge is 0.467 e. The Labute approximate surface area is 164 Å². The van der Waals surface area contributed by atoms with Gasteiger partial charge in [0.1, 0.15) is 11.6 Å². The second-order valence-corrected chi connectivity index (χ2v) is 7.88. The van der Waals surface area contributed by atoms with Crippen LogP contribution in [0.4, 0.5) is 0 Å². The van der Waals surface area contributed by atoms with Crippen LogP contribution >= 0.6 is 35.0 Å². The molecular formula is C18H15Cl2N3O2S. The maximum Gasteiger partial charge on any atom is 0.192 e. The molecule has 1 aliphatic rings. The fourth-order valence-corrected chi connectivity index (χ4v) is 3.78. The van der Waals surface area contributed by atoms with Gasteiger partial charge < -0.3 is 4.42 Å². The van der Waals surface area contributed by atoms with Crippen molar-refractivity contribution in [3.8, 4) is 0 Å². The number of rotatable bonds is 7. The molecule has 1 aromatic carbocycles. The smallest absolute Gasteiger partial charge is 0.192 e. The number of ketones is 1. The highest BCUT2D eigenvalue weighted by atomic mass is 35.5. The zero-order valence-electron chi connectivity index (χ0n) is 13.7. The third-order valence-electron chi connectivity index (χ3n) is 4.16. The summed E-state index contributed by atoms with van der Waals surface area (Å²) in [5.41, 5.74) is 0.534. The Hall–Kier alpha value is -1.76. The molecule has 0 atom stereocenters. The first-order valence-electron chi connectivity index (χ1n) is 8.18. The first kappa shape index (κ1) is 17.6. The van der Waals surface area contributed by atoms with Gasteiger partial charge in [-0.3, -0.25) is 9.36 Å². The van der Waals surface area contributed by atoms with Gasteiger partial charge in [0.15, 0.2) is 10.9 Å². The lowest BCUT2D eigenvalue weighted by molar-refractivity contribution is 0.102. The predicted molar refractivity (Wildman–Crippen MR) is 101 cm³/mol. The number of nitrogens with zero attached hydrogens (tertiary/aromatic N) is 3. The molecule has 0 spiro atoms. The van der Waals surface area contributed by atoms with E-state index in [2.05, 4.69) is 10.2 Å². The Morgan fingerprint density at radius 3 is 2.77 bits per heavy atom. The average molecular weight is 408 g/mol. The molecule has 0 radical (unpaired) electrons. The van der Waals surface area contributed by atoms with Gasteiger partial charge in [0.05, 0.1) is 28.6 Å². The van der Waals surface area contributed by atoms with Crippen LogP contribution in [0, 0.1) is 0 Å². The van der Waals surface area contributed by atoms with Gasteiger partial charge in [0, 0.05) is 11.5 Å². The summed E-state index contributed by atoms with van der Waals surface area (Å²) in [4.78, 5) is 12.5. The van der Waals surface area contributed by atoms with Crippen molar-refractivity contribution in [2.75, 3.05) is 5.75 Å². The number of halogens is 2. The van der Waals surface area contributed by atoms with Crippen LogP contribution in [0.5, 0.6) is 0 Å². The Morgan fingerprint density at radius 2 is 2.08 bits per heavy atom. The summed E-state index contributed by atoms with van der Waals surface area (Å²) in [6.07, 6.45) is 3.91. The van der Waals surface area contributed by atoms with Gasteiger partial charge >= 0.3 is 0 Å². The number of hydrogen-bond donors (Lipinski definition) is 0. The molecule has 8 heteroatoms. The van der Waals surface area contributed by atoms with Crippen molar-refractivity contribution in [3.63, 3.8) is 0 Å². The molecular weight excluding hydrogens is 393 g/mol. The quantitative estimate of drug-likeness (QED) is 0.403. The van der Waals surface area contributed by atoms with Crippen molar-refractivity contribution in [2.45, 2.75) is 30.5 Å². The van der Waals surface area contributed by atoms with Crippen LogP contribution in [-0.4, -0.2) is 26.3 Å². The molecule has 0 saturated heterocycles. The summed E-state index contributed by atoms with van der Waals surface area (Å²) in [5.74, 6) is 2.47. The Balaban J connectivity index is 1.50. The summed E-state index contributed by atoms with van der Waals surface area (Å²) in [5, 5.41) is 10.2. The van der Waals surface area contributed by atoms with Gasteiger partial charge in [-0.25, -0.2) is 0 Å². The van der Waals surface area contributed by atoms with E-state index in [0.29, 0.717) is 28.1 Å². The molecule has 1 fully saturated rings. The lowest BCUT2D eigenvalue weighted by Crippen LogP contribution is -2.08. The number of benzene rings is 1. The molecule has 2 aromatic heterocycles. The number of aromatic nitrogens is 3. The molecule has 0 bridgehead atoms. The molecule has 26 heavy (non-hydrogen) atoms. The molecule has 4 rings (SSSR count). The molecule has 0 amide bonds. The fourth-order valence-electron chi connectivity index (χ4n) is 2.64. The number of carbonyl (C=O) groups is 1. The van der Waals surface area contributed by atoms with Crippen molar-refractivity contribution >= 4 is 40.7 Å². The maximum atomic E-state index is 12.5. The Morgan fingerprint density at radius 1 is 1.23 bits per heavy atom. The monoisotopic (exact) mass is 407 g/mol. The lowest BCUT2D eigenvalue weighted by Gasteiger charge is -2.08. The number of hydrogen-bond acceptors (Lipinski definition) is 5. The van der Waals surface area contributed by atoms with E-state index in [1.807, 2.05) is 16.7 Å². The first-order chi connectivity index (χ1) is 12.6. The van der Waals surface area contributed by atoms with Gasteiger partial charge in [-0.05, 0) is 43.2 Å². The van der Waals surface area contributed by atoms with Crippen LogP contribution in [0.15, 0.2) is 46.2 Å². The zero-order chi connectivity index (χ0) is 18.1. The Kier molecular flexibility index (Phi) is 5.07. The summed E-state index contributed by atoms with van der Waals surface area (Å²) >= 11 is 13.3. The van der Waals surface area contributed by atoms with E-state index in [0.717, 1.165) is 29.6 Å². The molecule has 0 unspecified atom stereocenters. The van der Waals surface area contributed by atoms with Crippen molar-refractivity contribution in [1.82, 2.24) is 14.8 Å². The van der Waals surface area contributed by atoms with Crippen LogP contribution in [0.1, 0.15) is 40.7 Å². The summed E-state index contributed by atoms with van der Waals surface area (Å²) in [7, 11) is 0. The highest BCUT2D eigenvalue weighted by molar-refractivity contribution is 7.99. The van der Waals surface area contributed by atoms with Crippen LogP contribution in [0.2, 0.25) is 10.0 Å². The number of Topliss-reactive ketones (excluding diaryl/α,β-unsaturated/α-hetero) is 1. The summed E-state index contributed by atoms with van der Waals surface area (Å²) < 4.78 is 7.50. The minimum atomic E-state index is -0.0333. The van der Waals surface area contributed by atoms with E-state index in [9.17, 15) is 4.79 Å². The third-order valence-corrected chi connectivity index (χ3v) is 5.86. The topological polar surface area (TPSA) is 60.9 Å². The zero-order valence-corrected chi connectivity index (χ0v) is 16.0. The normalized spacial score (nSPS) is 13.9. The van der Waals surface area contributed by atoms with E-state index < -0.39 is 0 Å². The van der Waals surface area contributed by atoms with Gasteiger partial charge in [-0.2, -0.15) is 0 Å². The van der Waals surface area contributed by atoms with Crippen LogP contribution in [-0.2, 0) is 6.54 Å². The standard InChI is InChI=1S/C18H15Cl2N3O2S/c19-14-6-5-12(8-15(14)20)16(24)10-26-18-22-21-17(11-3-4-11)23(18)9-13-2-1-7-25-13/h1-2,5-8,11H,3-4,9-10H2. The maximum absolute atomic E-state index is 12.5. The first-order valence-corrected chi connectivity index (χ1v) is 9.92. The Bertz CT molecular complexity index is 936. The van der Waals surface area contributed by atoms with Gasteiger partial charge in [-0.15, -0.1) is 10.2 Å². The SMILES string of the molecule is O=C(CSc1nnc(C2CC2)n1Cc1ccco1)c1ccc(Cl)c(Cl)c1. The minimum Gasteiger partial charge on any atom is -0.467 e. The highest BCUT2D eigenvalue weighted by Gasteiger charge is 2.30. The number of carbonyl (C=O) groups excluding carboxylic acids is 1. The van der Waals surface area contributed by atoms with Crippen LogP contribution < -0.4 is 0 Å². The van der Waals surface area contributed by atoms with Crippen molar-refractivity contribution in [1.29, 1.82) is 0 Å². The lowest BCUT2D eigenvalue weighted by atomic mass is 10.1. The van der Waals surface area contributed by atoms with Gasteiger partial charge in [0.2, 0.25) is 0 Å². The predicted octanol–water partition coefficient (Wildman–Crippen LogP) is 5.08. The highest BCUT2D eigenvalue weighted by Crippen LogP contribution is 2.40. The van der Waals surface area contributed by atoms with Crippen molar-refractivity contribution in [3.05, 3.63) is 63.8 Å². The molecule has 2 heterocycles. The van der Waals surface area contributed by atoms with Crippen LogP contribution in [0.25, 0.3) is 0 Å². The summed E-state index contributed by atoms with van der Waals surface area (Å²) in [6, 6.07) is 8.69. The fraction of sp³-hybridized carbons (Fsp3) is 0.278. The molecule has 0 N–H and O–H groups in total. The molecule has 1 aliphatic carbocycles. The minimum absolute atomic E-state index is 0.0333. The second kappa shape index (κ2) is 7.47. The molecule has 3 aromatic rings. The van der Waals surface area contributed by atoms with E-state index in [-0.39, 0.29) is 11.5 Å². The number of thioether (sulfide) groups is 1. The van der Waals surface area contributed by atoms with E-state index in [1.165, 1.54) is 11.8 Å². The molecule has 134 valence electrons. The molecule has 5 nitrogen and oxygen atoms in total. The average Bonchev–Trinajstić information content (AvgIpc) is 3.20. The van der Waals surface area contributed by atoms with Crippen molar-refractivity contribution in [2.24, 2.45) is 0 Å². The third kappa shape index (κ3) is 3.82. The number of furan rings is 1. The summed E-state index contributed by atoms with van der Waals surface area (Å²) in [6.45, 7) is 0.565. The second-order valence-electron chi connectivity index (χ2n) is 6.12. The molecule has 0 aliphatic heterocycles. The van der Waals surface area contributed by atoms with E-state index >= 15 is 0 Å². The van der Waals surface area contributed by atoms with E-state index in [4.69, 9.17) is 27.6 Å². The van der Waals surface area contributed by atoms with Crippen LogP contribution in [0.3, 0.4) is 0 Å². The molecule has 1 saturated carbocycles. The van der Waals surface area contributed by atoms with E-state index in [1.54, 1.807) is 24.5 Å². The van der Waals surface area contributed by atoms with Gasteiger partial charge in [-0.1, -0.05) is 35.0 Å². The van der Waals surface area contributed by atoms with Gasteiger partial charge in [0.25, 0.3) is 0 Å².